The molecule has 0 radical (unpaired) electrons. The standard InChI is InChI=1S/C14H13BrClNOS/c1-7-2-3-11-8(4-7)10(17)6-12(18-11)13-5-9(15)14(16)19-13/h2-5,10,12H,6,17H2,1H3. The Labute approximate surface area is 129 Å². The Hall–Kier alpha value is -0.550. The molecule has 100 valence electrons. The molecule has 0 spiro atoms. The molecule has 1 aliphatic heterocycles. The number of rotatable bonds is 1. The van der Waals surface area contributed by atoms with Crippen LogP contribution in [0.3, 0.4) is 0 Å². The van der Waals surface area contributed by atoms with E-state index in [0.29, 0.717) is 0 Å². The van der Waals surface area contributed by atoms with Crippen LogP contribution in [0.15, 0.2) is 28.7 Å². The Morgan fingerprint density at radius 2 is 2.21 bits per heavy atom. The average Bonchev–Trinajstić information content (AvgIpc) is 2.70. The number of fused-ring (bicyclic) bond motifs is 1. The monoisotopic (exact) mass is 357 g/mol. The largest absolute Gasteiger partial charge is 0.484 e. The predicted molar refractivity (Wildman–Crippen MR) is 83.1 cm³/mol. The highest BCUT2D eigenvalue weighted by Gasteiger charge is 2.28. The van der Waals surface area contributed by atoms with Crippen molar-refractivity contribution in [3.05, 3.63) is 49.1 Å². The van der Waals surface area contributed by atoms with Gasteiger partial charge in [0.2, 0.25) is 0 Å². The summed E-state index contributed by atoms with van der Waals surface area (Å²) in [4.78, 5) is 1.11. The summed E-state index contributed by atoms with van der Waals surface area (Å²) in [5.41, 5.74) is 8.57. The summed E-state index contributed by atoms with van der Waals surface area (Å²) in [6.07, 6.45) is 0.763. The first-order valence-corrected chi connectivity index (χ1v) is 8.01. The molecule has 2 unspecified atom stereocenters. The van der Waals surface area contributed by atoms with Crippen LogP contribution < -0.4 is 10.5 Å². The van der Waals surface area contributed by atoms with Gasteiger partial charge in [0.05, 0.1) is 0 Å². The van der Waals surface area contributed by atoms with E-state index in [0.717, 1.165) is 31.4 Å². The molecule has 3 rings (SSSR count). The van der Waals surface area contributed by atoms with Crippen LogP contribution in [-0.4, -0.2) is 0 Å². The molecule has 2 atom stereocenters. The van der Waals surface area contributed by atoms with E-state index in [1.165, 1.54) is 16.9 Å². The van der Waals surface area contributed by atoms with Crippen LogP contribution in [0.1, 0.15) is 34.6 Å². The molecule has 2 nitrogen and oxygen atoms in total. The summed E-state index contributed by atoms with van der Waals surface area (Å²) in [7, 11) is 0. The number of benzene rings is 1. The van der Waals surface area contributed by atoms with Gasteiger partial charge in [0.1, 0.15) is 16.2 Å². The maximum absolute atomic E-state index is 6.27. The molecule has 0 saturated heterocycles. The van der Waals surface area contributed by atoms with Gasteiger partial charge in [-0.05, 0) is 35.0 Å². The van der Waals surface area contributed by atoms with Crippen LogP contribution in [0.25, 0.3) is 0 Å². The van der Waals surface area contributed by atoms with Gasteiger partial charge >= 0.3 is 0 Å². The number of aryl methyl sites for hydroxylation is 1. The van der Waals surface area contributed by atoms with Crippen molar-refractivity contribution >= 4 is 38.9 Å². The second-order valence-corrected chi connectivity index (χ2v) is 7.30. The topological polar surface area (TPSA) is 35.2 Å². The minimum atomic E-state index is -0.0148. The van der Waals surface area contributed by atoms with Crippen LogP contribution >= 0.6 is 38.9 Å². The second-order valence-electron chi connectivity index (χ2n) is 4.76. The highest BCUT2D eigenvalue weighted by Crippen LogP contribution is 2.44. The number of ether oxygens (including phenoxy) is 1. The van der Waals surface area contributed by atoms with Crippen LogP contribution in [0.2, 0.25) is 4.34 Å². The molecule has 19 heavy (non-hydrogen) atoms. The van der Waals surface area contributed by atoms with Gasteiger partial charge in [-0.3, -0.25) is 0 Å². The van der Waals surface area contributed by atoms with Crippen molar-refractivity contribution in [3.8, 4) is 5.75 Å². The molecule has 1 aromatic carbocycles. The van der Waals surface area contributed by atoms with Crippen molar-refractivity contribution in [1.29, 1.82) is 0 Å². The number of hydrogen-bond donors (Lipinski definition) is 1. The van der Waals surface area contributed by atoms with Crippen molar-refractivity contribution in [2.75, 3.05) is 0 Å². The predicted octanol–water partition coefficient (Wildman–Crippen LogP) is 5.00. The first kappa shape index (κ1) is 13.4. The van der Waals surface area contributed by atoms with Gasteiger partial charge in [0, 0.05) is 27.4 Å². The fraction of sp³-hybridized carbons (Fsp3) is 0.286. The lowest BCUT2D eigenvalue weighted by molar-refractivity contribution is 0.165. The van der Waals surface area contributed by atoms with Crippen LogP contribution in [-0.2, 0) is 0 Å². The summed E-state index contributed by atoms with van der Waals surface area (Å²) < 4.78 is 7.73. The Morgan fingerprint density at radius 3 is 2.89 bits per heavy atom. The maximum atomic E-state index is 6.27. The van der Waals surface area contributed by atoms with Crippen molar-refractivity contribution in [3.63, 3.8) is 0 Å². The van der Waals surface area contributed by atoms with Crippen LogP contribution in [0.4, 0.5) is 0 Å². The third-order valence-electron chi connectivity index (χ3n) is 3.28. The lowest BCUT2D eigenvalue weighted by atomic mass is 9.95. The smallest absolute Gasteiger partial charge is 0.135 e. The quantitative estimate of drug-likeness (QED) is 0.779. The van der Waals surface area contributed by atoms with E-state index < -0.39 is 0 Å². The van der Waals surface area contributed by atoms with Crippen LogP contribution in [0, 0.1) is 6.92 Å². The number of thiophene rings is 1. The molecule has 1 aromatic heterocycles. The fourth-order valence-corrected chi connectivity index (χ4v) is 4.10. The van der Waals surface area contributed by atoms with E-state index in [9.17, 15) is 0 Å². The Kier molecular flexibility index (Phi) is 3.60. The van der Waals surface area contributed by atoms with Gasteiger partial charge in [0.15, 0.2) is 0 Å². The van der Waals surface area contributed by atoms with E-state index in [-0.39, 0.29) is 12.1 Å². The summed E-state index contributed by atoms with van der Waals surface area (Å²) in [5.74, 6) is 0.884. The number of halogens is 2. The molecule has 2 heterocycles. The highest BCUT2D eigenvalue weighted by atomic mass is 79.9. The normalized spacial score (nSPS) is 21.9. The fourth-order valence-electron chi connectivity index (χ4n) is 2.32. The summed E-state index contributed by atoms with van der Waals surface area (Å²) in [6.45, 7) is 2.06. The highest BCUT2D eigenvalue weighted by molar-refractivity contribution is 9.10. The molecule has 0 aliphatic carbocycles. The molecular weight excluding hydrogens is 346 g/mol. The van der Waals surface area contributed by atoms with Crippen molar-refractivity contribution in [2.45, 2.75) is 25.5 Å². The molecule has 1 aliphatic rings. The van der Waals surface area contributed by atoms with Gasteiger partial charge in [-0.15, -0.1) is 11.3 Å². The number of hydrogen-bond acceptors (Lipinski definition) is 3. The van der Waals surface area contributed by atoms with Gasteiger partial charge in [0.25, 0.3) is 0 Å². The van der Waals surface area contributed by atoms with E-state index in [1.54, 1.807) is 0 Å². The molecule has 5 heteroatoms. The lowest BCUT2D eigenvalue weighted by Gasteiger charge is -2.30. The zero-order valence-electron chi connectivity index (χ0n) is 10.3. The zero-order valence-corrected chi connectivity index (χ0v) is 13.5. The SMILES string of the molecule is Cc1ccc2c(c1)C(N)CC(c1cc(Br)c(Cl)s1)O2. The Balaban J connectivity index is 1.94. The zero-order chi connectivity index (χ0) is 13.6. The molecule has 2 aromatic rings. The first-order valence-electron chi connectivity index (χ1n) is 6.02. The van der Waals surface area contributed by atoms with Gasteiger partial charge < -0.3 is 10.5 Å². The van der Waals surface area contributed by atoms with Gasteiger partial charge in [-0.25, -0.2) is 0 Å². The van der Waals surface area contributed by atoms with Crippen molar-refractivity contribution in [2.24, 2.45) is 5.73 Å². The molecule has 0 bridgehead atoms. The van der Waals surface area contributed by atoms with Crippen molar-refractivity contribution < 1.29 is 4.74 Å². The molecule has 2 N–H and O–H groups in total. The molecule has 0 fully saturated rings. The van der Waals surface area contributed by atoms with E-state index in [1.807, 2.05) is 18.2 Å². The summed E-state index contributed by atoms with van der Waals surface area (Å²) >= 11 is 11.1. The lowest BCUT2D eigenvalue weighted by Crippen LogP contribution is -2.23. The minimum Gasteiger partial charge on any atom is -0.484 e. The molecule has 0 amide bonds. The van der Waals surface area contributed by atoms with Crippen LogP contribution in [0.5, 0.6) is 5.75 Å². The summed E-state index contributed by atoms with van der Waals surface area (Å²) in [5, 5.41) is 0. The van der Waals surface area contributed by atoms with Crippen molar-refractivity contribution in [1.82, 2.24) is 0 Å². The molecular formula is C14H13BrClNOS. The Morgan fingerprint density at radius 1 is 1.42 bits per heavy atom. The average molecular weight is 359 g/mol. The van der Waals surface area contributed by atoms with Gasteiger partial charge in [-0.2, -0.15) is 0 Å². The maximum Gasteiger partial charge on any atom is 0.135 e. The Bertz CT molecular complexity index is 608. The van der Waals surface area contributed by atoms with E-state index in [2.05, 4.69) is 28.9 Å². The first-order chi connectivity index (χ1) is 9.04. The van der Waals surface area contributed by atoms with E-state index >= 15 is 0 Å². The third kappa shape index (κ3) is 2.55. The number of nitrogens with two attached hydrogens (primary N) is 1. The van der Waals surface area contributed by atoms with E-state index in [4.69, 9.17) is 22.1 Å². The summed E-state index contributed by atoms with van der Waals surface area (Å²) in [6, 6.07) is 8.18. The second kappa shape index (κ2) is 5.09. The van der Waals surface area contributed by atoms with Gasteiger partial charge in [-0.1, -0.05) is 29.3 Å². The third-order valence-corrected chi connectivity index (χ3v) is 5.85. The molecule has 0 saturated carbocycles. The minimum absolute atomic E-state index is 0.00769.